The zero-order chi connectivity index (χ0) is 19.6. The van der Waals surface area contributed by atoms with Gasteiger partial charge >= 0.3 is 0 Å². The first kappa shape index (κ1) is 19.5. The molecule has 0 aliphatic heterocycles. The lowest BCUT2D eigenvalue weighted by Crippen LogP contribution is -2.34. The fraction of sp³-hybridized carbons (Fsp3) is 0.350. The van der Waals surface area contributed by atoms with E-state index in [1.165, 1.54) is 16.2 Å². The number of carbonyl (C=O) groups excluding carboxylic acids is 2. The predicted octanol–water partition coefficient (Wildman–Crippen LogP) is 3.86. The van der Waals surface area contributed by atoms with Crippen molar-refractivity contribution in [2.45, 2.75) is 46.0 Å². The lowest BCUT2D eigenvalue weighted by atomic mass is 10.1. The van der Waals surface area contributed by atoms with Crippen LogP contribution in [0.15, 0.2) is 18.2 Å². The molecule has 0 radical (unpaired) electrons. The summed E-state index contributed by atoms with van der Waals surface area (Å²) in [5.41, 5.74) is 9.89. The Kier molecular flexibility index (Phi) is 5.92. The number of benzene rings is 1. The summed E-state index contributed by atoms with van der Waals surface area (Å²) < 4.78 is 0. The average Bonchev–Trinajstić information content (AvgIpc) is 2.78. The first-order valence-electron chi connectivity index (χ1n) is 9.00. The van der Waals surface area contributed by atoms with Crippen LogP contribution in [0.3, 0.4) is 0 Å². The SMILES string of the molecule is Cc1ccc(C(=O)NC(=S)Nc2sc3c(c2C(N)=O)CCCCC3)cc1C. The van der Waals surface area contributed by atoms with Gasteiger partial charge in [0, 0.05) is 10.4 Å². The molecular formula is C20H23N3O2S2. The van der Waals surface area contributed by atoms with E-state index in [4.69, 9.17) is 18.0 Å². The highest BCUT2D eigenvalue weighted by Crippen LogP contribution is 2.37. The van der Waals surface area contributed by atoms with Gasteiger partial charge in [0.15, 0.2) is 5.11 Å². The molecule has 2 aromatic rings. The van der Waals surface area contributed by atoms with E-state index in [1.54, 1.807) is 6.07 Å². The van der Waals surface area contributed by atoms with E-state index in [1.807, 2.05) is 26.0 Å². The quantitative estimate of drug-likeness (QED) is 0.539. The van der Waals surface area contributed by atoms with Crippen LogP contribution in [0.25, 0.3) is 0 Å². The van der Waals surface area contributed by atoms with Crippen LogP contribution in [0.2, 0.25) is 0 Å². The van der Waals surface area contributed by atoms with Crippen LogP contribution in [-0.2, 0) is 12.8 Å². The Labute approximate surface area is 168 Å². The molecule has 4 N–H and O–H groups in total. The zero-order valence-electron chi connectivity index (χ0n) is 15.5. The largest absolute Gasteiger partial charge is 0.365 e. The number of thiophene rings is 1. The van der Waals surface area contributed by atoms with Gasteiger partial charge in [0.1, 0.15) is 5.00 Å². The van der Waals surface area contributed by atoms with E-state index in [0.717, 1.165) is 48.8 Å². The third kappa shape index (κ3) is 4.36. The molecule has 1 aromatic carbocycles. The Hall–Kier alpha value is -2.25. The zero-order valence-corrected chi connectivity index (χ0v) is 17.1. The summed E-state index contributed by atoms with van der Waals surface area (Å²) >= 11 is 6.80. The van der Waals surface area contributed by atoms with Crippen molar-refractivity contribution >= 4 is 45.5 Å². The van der Waals surface area contributed by atoms with Crippen molar-refractivity contribution in [2.75, 3.05) is 5.32 Å². The Bertz CT molecular complexity index is 918. The van der Waals surface area contributed by atoms with E-state index in [-0.39, 0.29) is 11.0 Å². The third-order valence-corrected chi connectivity index (χ3v) is 6.30. The molecule has 5 nitrogen and oxygen atoms in total. The molecule has 0 atom stereocenters. The monoisotopic (exact) mass is 401 g/mol. The van der Waals surface area contributed by atoms with Crippen molar-refractivity contribution in [3.63, 3.8) is 0 Å². The summed E-state index contributed by atoms with van der Waals surface area (Å²) in [7, 11) is 0. The Morgan fingerprint density at radius 3 is 2.56 bits per heavy atom. The molecule has 0 unspecified atom stereocenters. The number of rotatable bonds is 3. The number of amides is 2. The molecule has 0 bridgehead atoms. The first-order valence-corrected chi connectivity index (χ1v) is 10.2. The maximum atomic E-state index is 12.4. The lowest BCUT2D eigenvalue weighted by molar-refractivity contribution is 0.0975. The van der Waals surface area contributed by atoms with Crippen molar-refractivity contribution in [2.24, 2.45) is 5.73 Å². The van der Waals surface area contributed by atoms with Gasteiger partial charge in [-0.15, -0.1) is 11.3 Å². The molecule has 1 aromatic heterocycles. The molecule has 1 aliphatic rings. The number of primary amides is 1. The topological polar surface area (TPSA) is 84.2 Å². The van der Waals surface area contributed by atoms with Gasteiger partial charge in [0.25, 0.3) is 11.8 Å². The molecule has 0 saturated heterocycles. The van der Waals surface area contributed by atoms with E-state index in [2.05, 4.69) is 10.6 Å². The molecule has 0 spiro atoms. The Morgan fingerprint density at radius 1 is 1.11 bits per heavy atom. The van der Waals surface area contributed by atoms with E-state index < -0.39 is 5.91 Å². The fourth-order valence-corrected chi connectivity index (χ4v) is 4.84. The van der Waals surface area contributed by atoms with Gasteiger partial charge in [0.05, 0.1) is 5.56 Å². The summed E-state index contributed by atoms with van der Waals surface area (Å²) in [6.45, 7) is 3.95. The maximum Gasteiger partial charge on any atom is 0.257 e. The summed E-state index contributed by atoms with van der Waals surface area (Å²) in [6.07, 6.45) is 5.13. The van der Waals surface area contributed by atoms with Crippen molar-refractivity contribution in [1.82, 2.24) is 5.32 Å². The predicted molar refractivity (Wildman–Crippen MR) is 114 cm³/mol. The van der Waals surface area contributed by atoms with Crippen molar-refractivity contribution in [1.29, 1.82) is 0 Å². The molecule has 1 aliphatic carbocycles. The van der Waals surface area contributed by atoms with Crippen LogP contribution >= 0.6 is 23.6 Å². The van der Waals surface area contributed by atoms with Gasteiger partial charge in [-0.1, -0.05) is 12.5 Å². The van der Waals surface area contributed by atoms with Gasteiger partial charge < -0.3 is 11.1 Å². The minimum Gasteiger partial charge on any atom is -0.365 e. The molecule has 1 heterocycles. The van der Waals surface area contributed by atoms with Crippen molar-refractivity contribution in [3.8, 4) is 0 Å². The molecule has 0 fully saturated rings. The fourth-order valence-electron chi connectivity index (χ4n) is 3.28. The number of hydrogen-bond acceptors (Lipinski definition) is 4. The second-order valence-electron chi connectivity index (χ2n) is 6.84. The normalized spacial score (nSPS) is 13.4. The van der Waals surface area contributed by atoms with Gasteiger partial charge in [-0.25, -0.2) is 0 Å². The second kappa shape index (κ2) is 8.19. The number of nitrogens with one attached hydrogen (secondary N) is 2. The van der Waals surface area contributed by atoms with Crippen LogP contribution < -0.4 is 16.4 Å². The number of nitrogens with two attached hydrogens (primary N) is 1. The maximum absolute atomic E-state index is 12.4. The van der Waals surface area contributed by atoms with Gasteiger partial charge in [-0.2, -0.15) is 0 Å². The standard InChI is InChI=1S/C20H23N3O2S2/c1-11-8-9-13(10-12(11)2)18(25)22-20(26)23-19-16(17(21)24)14-6-4-3-5-7-15(14)27-19/h8-10H,3-7H2,1-2H3,(H2,21,24)(H2,22,23,25,26). The van der Waals surface area contributed by atoms with Crippen molar-refractivity contribution < 1.29 is 9.59 Å². The Balaban J connectivity index is 1.76. The van der Waals surface area contributed by atoms with E-state index in [9.17, 15) is 9.59 Å². The molecular weight excluding hydrogens is 378 g/mol. The number of thiocarbonyl (C=S) groups is 1. The number of carbonyl (C=O) groups is 2. The highest BCUT2D eigenvalue weighted by molar-refractivity contribution is 7.80. The number of hydrogen-bond donors (Lipinski definition) is 3. The van der Waals surface area contributed by atoms with Crippen LogP contribution in [0.1, 0.15) is 61.5 Å². The average molecular weight is 402 g/mol. The number of aryl methyl sites for hydroxylation is 3. The van der Waals surface area contributed by atoms with Gasteiger partial charge in [-0.05, 0) is 80.6 Å². The lowest BCUT2D eigenvalue weighted by Gasteiger charge is -2.11. The minimum absolute atomic E-state index is 0.164. The molecule has 0 saturated carbocycles. The Morgan fingerprint density at radius 2 is 1.85 bits per heavy atom. The first-order chi connectivity index (χ1) is 12.9. The van der Waals surface area contributed by atoms with Crippen molar-refractivity contribution in [3.05, 3.63) is 50.9 Å². The summed E-state index contributed by atoms with van der Waals surface area (Å²) in [5.74, 6) is -0.741. The number of fused-ring (bicyclic) bond motifs is 1. The van der Waals surface area contributed by atoms with Crippen LogP contribution in [-0.4, -0.2) is 16.9 Å². The third-order valence-electron chi connectivity index (χ3n) is 4.89. The van der Waals surface area contributed by atoms with Crippen LogP contribution in [0, 0.1) is 13.8 Å². The smallest absolute Gasteiger partial charge is 0.257 e. The van der Waals surface area contributed by atoms with Gasteiger partial charge in [0.2, 0.25) is 0 Å². The highest BCUT2D eigenvalue weighted by atomic mass is 32.1. The van der Waals surface area contributed by atoms with Crippen LogP contribution in [0.5, 0.6) is 0 Å². The van der Waals surface area contributed by atoms with Gasteiger partial charge in [-0.3, -0.25) is 14.9 Å². The van der Waals surface area contributed by atoms with E-state index >= 15 is 0 Å². The van der Waals surface area contributed by atoms with Crippen LogP contribution in [0.4, 0.5) is 5.00 Å². The molecule has 7 heteroatoms. The number of anilines is 1. The molecule has 3 rings (SSSR count). The van der Waals surface area contributed by atoms with E-state index in [0.29, 0.717) is 16.1 Å². The summed E-state index contributed by atoms with van der Waals surface area (Å²) in [5, 5.41) is 6.49. The minimum atomic E-state index is -0.458. The molecule has 2 amide bonds. The summed E-state index contributed by atoms with van der Waals surface area (Å²) in [4.78, 5) is 25.6. The highest BCUT2D eigenvalue weighted by Gasteiger charge is 2.24. The molecule has 142 valence electrons. The molecule has 27 heavy (non-hydrogen) atoms. The summed E-state index contributed by atoms with van der Waals surface area (Å²) in [6, 6.07) is 5.50. The second-order valence-corrected chi connectivity index (χ2v) is 8.35.